The van der Waals surface area contributed by atoms with Crippen molar-refractivity contribution in [2.45, 2.75) is 19.3 Å². The van der Waals surface area contributed by atoms with Crippen LogP contribution in [0.5, 0.6) is 0 Å². The predicted octanol–water partition coefficient (Wildman–Crippen LogP) is 17.7. The summed E-state index contributed by atoms with van der Waals surface area (Å²) < 4.78 is 2.65. The fraction of sp³-hybridized carbons (Fsp3) is 0.0492. The van der Waals surface area contributed by atoms with E-state index in [-0.39, 0.29) is 5.41 Å². The quantitative estimate of drug-likeness (QED) is 0.155. The maximum Gasteiger partial charge on any atom is 0.0462 e. The summed E-state index contributed by atoms with van der Waals surface area (Å²) in [6.45, 7) is 4.70. The van der Waals surface area contributed by atoms with Crippen molar-refractivity contribution in [3.8, 4) is 55.6 Å². The first-order valence-electron chi connectivity index (χ1n) is 21.8. The van der Waals surface area contributed by atoms with Gasteiger partial charge < -0.3 is 4.90 Å². The second-order valence-electron chi connectivity index (χ2n) is 17.3. The van der Waals surface area contributed by atoms with Gasteiger partial charge in [-0.1, -0.05) is 172 Å². The first-order chi connectivity index (χ1) is 31.0. The molecule has 2 heteroatoms. The third-order valence-electron chi connectivity index (χ3n) is 13.3. The van der Waals surface area contributed by atoms with Crippen LogP contribution in [0.15, 0.2) is 224 Å². The highest BCUT2D eigenvalue weighted by Gasteiger charge is 2.35. The molecule has 298 valence electrons. The molecule has 10 aromatic carbocycles. The number of fused-ring (bicyclic) bond motifs is 7. The molecule has 12 rings (SSSR count). The molecule has 0 radical (unpaired) electrons. The van der Waals surface area contributed by atoms with E-state index in [0.29, 0.717) is 0 Å². The van der Waals surface area contributed by atoms with Crippen molar-refractivity contribution in [2.75, 3.05) is 4.90 Å². The van der Waals surface area contributed by atoms with Crippen LogP contribution in [0.3, 0.4) is 0 Å². The molecule has 0 unspecified atom stereocenters. The van der Waals surface area contributed by atoms with Gasteiger partial charge in [-0.15, -0.1) is 11.3 Å². The number of anilines is 3. The van der Waals surface area contributed by atoms with Crippen molar-refractivity contribution < 1.29 is 0 Å². The Labute approximate surface area is 372 Å². The fourth-order valence-corrected chi connectivity index (χ4v) is 11.1. The van der Waals surface area contributed by atoms with Crippen LogP contribution in [0.1, 0.15) is 25.0 Å². The molecule has 63 heavy (non-hydrogen) atoms. The van der Waals surface area contributed by atoms with Gasteiger partial charge in [0.2, 0.25) is 0 Å². The van der Waals surface area contributed by atoms with E-state index >= 15 is 0 Å². The van der Waals surface area contributed by atoms with Crippen LogP contribution in [0.4, 0.5) is 17.1 Å². The summed E-state index contributed by atoms with van der Waals surface area (Å²) >= 11 is 1.86. The molecule has 1 nitrogen and oxygen atoms in total. The molecule has 0 fully saturated rings. The van der Waals surface area contributed by atoms with Crippen LogP contribution in [0.2, 0.25) is 0 Å². The summed E-state index contributed by atoms with van der Waals surface area (Å²) in [7, 11) is 0. The Hall–Kier alpha value is -7.52. The second kappa shape index (κ2) is 14.8. The summed E-state index contributed by atoms with van der Waals surface area (Å²) in [5.74, 6) is 0. The predicted molar refractivity (Wildman–Crippen MR) is 271 cm³/mol. The fourth-order valence-electron chi connectivity index (χ4n) is 9.99. The van der Waals surface area contributed by atoms with E-state index in [0.717, 1.165) is 17.1 Å². The van der Waals surface area contributed by atoms with Gasteiger partial charge in [0.15, 0.2) is 0 Å². The second-order valence-corrected chi connectivity index (χ2v) is 18.4. The van der Waals surface area contributed by atoms with E-state index in [1.54, 1.807) is 0 Å². The number of rotatable bonds is 7. The highest BCUT2D eigenvalue weighted by Crippen LogP contribution is 2.50. The van der Waals surface area contributed by atoms with Crippen molar-refractivity contribution in [3.05, 3.63) is 236 Å². The number of hydrogen-bond donors (Lipinski definition) is 0. The lowest BCUT2D eigenvalue weighted by Gasteiger charge is -2.26. The minimum absolute atomic E-state index is 0.0442. The molecular weight excluding hydrogens is 779 g/mol. The molecule has 0 N–H and O–H groups in total. The highest BCUT2D eigenvalue weighted by atomic mass is 32.1. The van der Waals surface area contributed by atoms with E-state index in [1.807, 2.05) is 11.3 Å². The van der Waals surface area contributed by atoms with Crippen molar-refractivity contribution in [1.29, 1.82) is 0 Å². The topological polar surface area (TPSA) is 3.24 Å². The van der Waals surface area contributed by atoms with Gasteiger partial charge in [0, 0.05) is 42.6 Å². The zero-order valence-electron chi connectivity index (χ0n) is 35.2. The van der Waals surface area contributed by atoms with E-state index < -0.39 is 0 Å². The van der Waals surface area contributed by atoms with Crippen LogP contribution in [0, 0.1) is 0 Å². The van der Waals surface area contributed by atoms with Crippen LogP contribution in [-0.4, -0.2) is 0 Å². The summed E-state index contributed by atoms with van der Waals surface area (Å²) in [4.78, 5) is 2.38. The zero-order chi connectivity index (χ0) is 42.1. The van der Waals surface area contributed by atoms with E-state index in [1.165, 1.54) is 97.7 Å². The lowest BCUT2D eigenvalue weighted by atomic mass is 9.81. The van der Waals surface area contributed by atoms with Gasteiger partial charge in [0.25, 0.3) is 0 Å². The standard InChI is InChI=1S/C61H43NS/c1-61(2)57-19-7-5-16-53(57)54-35-27-46(39-58(54)61)42-25-33-50(34-26-42)62(49-31-23-41(24-32-49)45-28-36-60-56(38-45)55-17-6-8-20-59(55)63-60)48-29-21-40(22-30-48)44-13-9-14-47(37-44)52-18-10-12-43-11-3-4-15-51(43)52/h3-39H,1-2H3. The maximum absolute atomic E-state index is 2.41. The molecular formula is C61H43NS. The van der Waals surface area contributed by atoms with Crippen molar-refractivity contribution in [2.24, 2.45) is 0 Å². The summed E-state index contributed by atoms with van der Waals surface area (Å²) in [5, 5.41) is 5.16. The van der Waals surface area contributed by atoms with Crippen molar-refractivity contribution in [1.82, 2.24) is 0 Å². The number of benzene rings is 10. The van der Waals surface area contributed by atoms with Gasteiger partial charge in [-0.2, -0.15) is 0 Å². The monoisotopic (exact) mass is 821 g/mol. The number of nitrogens with zero attached hydrogens (tertiary/aromatic N) is 1. The first-order valence-corrected chi connectivity index (χ1v) is 22.6. The Morgan fingerprint density at radius 3 is 1.54 bits per heavy atom. The molecule has 0 spiro atoms. The Balaban J connectivity index is 0.905. The largest absolute Gasteiger partial charge is 0.311 e. The van der Waals surface area contributed by atoms with Gasteiger partial charge in [-0.05, 0) is 144 Å². The van der Waals surface area contributed by atoms with E-state index in [4.69, 9.17) is 0 Å². The average molecular weight is 822 g/mol. The number of thiophene rings is 1. The molecule has 0 amide bonds. The van der Waals surface area contributed by atoms with E-state index in [9.17, 15) is 0 Å². The van der Waals surface area contributed by atoms with Crippen LogP contribution < -0.4 is 4.90 Å². The molecule has 0 aliphatic heterocycles. The van der Waals surface area contributed by atoms with Gasteiger partial charge in [-0.3, -0.25) is 0 Å². The van der Waals surface area contributed by atoms with Crippen molar-refractivity contribution >= 4 is 59.3 Å². The smallest absolute Gasteiger partial charge is 0.0462 e. The van der Waals surface area contributed by atoms with Crippen molar-refractivity contribution in [3.63, 3.8) is 0 Å². The Morgan fingerprint density at radius 1 is 0.317 bits per heavy atom. The van der Waals surface area contributed by atoms with Crippen LogP contribution >= 0.6 is 11.3 Å². The van der Waals surface area contributed by atoms with Gasteiger partial charge >= 0.3 is 0 Å². The average Bonchev–Trinajstić information content (AvgIpc) is 3.83. The van der Waals surface area contributed by atoms with E-state index in [2.05, 4.69) is 243 Å². The van der Waals surface area contributed by atoms with Gasteiger partial charge in [-0.25, -0.2) is 0 Å². The van der Waals surface area contributed by atoms with Gasteiger partial charge in [0.1, 0.15) is 0 Å². The zero-order valence-corrected chi connectivity index (χ0v) is 36.0. The minimum atomic E-state index is -0.0442. The molecule has 11 aromatic rings. The molecule has 1 aliphatic rings. The molecule has 1 heterocycles. The Bertz CT molecular complexity index is 3510. The molecule has 1 aromatic heterocycles. The first kappa shape index (κ1) is 37.3. The summed E-state index contributed by atoms with van der Waals surface area (Å²) in [5.41, 5.74) is 18.5. The highest BCUT2D eigenvalue weighted by molar-refractivity contribution is 7.25. The molecule has 0 saturated heterocycles. The lowest BCUT2D eigenvalue weighted by molar-refractivity contribution is 0.660. The normalized spacial score (nSPS) is 12.7. The summed E-state index contributed by atoms with van der Waals surface area (Å²) in [6, 6.07) is 82.8. The SMILES string of the molecule is CC1(C)c2ccccc2-c2ccc(-c3ccc(N(c4ccc(-c5cccc(-c6cccc7ccccc67)c5)cc4)c4ccc(-c5ccc6sc7ccccc7c6c5)cc4)cc3)cc21. The summed E-state index contributed by atoms with van der Waals surface area (Å²) in [6.07, 6.45) is 0. The van der Waals surface area contributed by atoms with Gasteiger partial charge in [0.05, 0.1) is 0 Å². The molecule has 0 atom stereocenters. The molecule has 0 bridgehead atoms. The molecule has 0 saturated carbocycles. The number of hydrogen-bond acceptors (Lipinski definition) is 2. The third-order valence-corrected chi connectivity index (χ3v) is 14.5. The van der Waals surface area contributed by atoms with Crippen LogP contribution in [-0.2, 0) is 5.41 Å². The minimum Gasteiger partial charge on any atom is -0.311 e. The maximum atomic E-state index is 2.41. The lowest BCUT2D eigenvalue weighted by Crippen LogP contribution is -2.14. The van der Waals surface area contributed by atoms with Crippen LogP contribution in [0.25, 0.3) is 86.6 Å². The third kappa shape index (κ3) is 6.37. The Morgan fingerprint density at radius 2 is 0.810 bits per heavy atom. The molecule has 1 aliphatic carbocycles. The Kier molecular flexibility index (Phi) is 8.77.